The highest BCUT2D eigenvalue weighted by Crippen LogP contribution is 2.28. The van der Waals surface area contributed by atoms with E-state index in [0.29, 0.717) is 0 Å². The molecule has 4 aliphatic rings. The zero-order valence-corrected chi connectivity index (χ0v) is 21.4. The first-order chi connectivity index (χ1) is 17.3. The van der Waals surface area contributed by atoms with Crippen molar-refractivity contribution in [2.24, 2.45) is 0 Å². The van der Waals surface area contributed by atoms with Crippen LogP contribution in [-0.2, 0) is 19.4 Å². The van der Waals surface area contributed by atoms with Gasteiger partial charge < -0.3 is 9.80 Å². The molecule has 1 aliphatic carbocycles. The van der Waals surface area contributed by atoms with Crippen LogP contribution in [0, 0.1) is 0 Å². The van der Waals surface area contributed by atoms with Gasteiger partial charge in [-0.15, -0.1) is 0 Å². The molecular formula is C29H42N6. The second kappa shape index (κ2) is 10.8. The molecule has 3 fully saturated rings. The number of nitrogens with zero attached hydrogens (tertiary/aromatic N) is 6. The molecule has 6 heteroatoms. The summed E-state index contributed by atoms with van der Waals surface area (Å²) >= 11 is 0. The lowest BCUT2D eigenvalue weighted by atomic mass is 9.94. The maximum atomic E-state index is 4.82. The molecule has 0 unspecified atom stereocenters. The zero-order valence-electron chi connectivity index (χ0n) is 21.4. The Labute approximate surface area is 211 Å². The van der Waals surface area contributed by atoms with Crippen molar-refractivity contribution in [1.29, 1.82) is 0 Å². The summed E-state index contributed by atoms with van der Waals surface area (Å²) in [6.45, 7) is 10.2. The molecule has 2 saturated heterocycles. The standard InChI is InChI=1S/C29H42N6/c1-2-6-25(7-3-1)34-18-20-35(21-19-34)29-27-12-16-32(17-13-28(27)30-23-31-29)22-24-8-10-26(11-9-24)33-14-4-5-15-33/h8-11,23,25H,1-7,12-22H2. The lowest BCUT2D eigenvalue weighted by molar-refractivity contribution is 0.147. The van der Waals surface area contributed by atoms with Crippen molar-refractivity contribution in [3.05, 3.63) is 47.4 Å². The van der Waals surface area contributed by atoms with Crippen LogP contribution in [0.25, 0.3) is 0 Å². The summed E-state index contributed by atoms with van der Waals surface area (Å²) < 4.78 is 0. The molecule has 6 rings (SSSR count). The van der Waals surface area contributed by atoms with Gasteiger partial charge in [0.1, 0.15) is 12.1 Å². The van der Waals surface area contributed by atoms with Gasteiger partial charge in [-0.1, -0.05) is 31.4 Å². The summed E-state index contributed by atoms with van der Waals surface area (Å²) in [5.74, 6) is 1.22. The first-order valence-electron chi connectivity index (χ1n) is 14.2. The average molecular weight is 475 g/mol. The highest BCUT2D eigenvalue weighted by molar-refractivity contribution is 5.50. The molecule has 0 N–H and O–H groups in total. The summed E-state index contributed by atoms with van der Waals surface area (Å²) in [6, 6.07) is 10.1. The van der Waals surface area contributed by atoms with Gasteiger partial charge in [0.25, 0.3) is 0 Å². The summed E-state index contributed by atoms with van der Waals surface area (Å²) in [5.41, 5.74) is 5.49. The third-order valence-electron chi connectivity index (χ3n) is 8.87. The van der Waals surface area contributed by atoms with Gasteiger partial charge in [-0.3, -0.25) is 9.80 Å². The van der Waals surface area contributed by atoms with E-state index >= 15 is 0 Å². The Kier molecular flexibility index (Phi) is 7.19. The molecule has 0 spiro atoms. The Morgan fingerprint density at radius 3 is 2.20 bits per heavy atom. The van der Waals surface area contributed by atoms with E-state index in [1.165, 1.54) is 99.5 Å². The first-order valence-corrected chi connectivity index (χ1v) is 14.2. The number of rotatable bonds is 5. The van der Waals surface area contributed by atoms with Crippen molar-refractivity contribution < 1.29 is 0 Å². The number of anilines is 2. The largest absolute Gasteiger partial charge is 0.372 e. The number of benzene rings is 1. The summed E-state index contributed by atoms with van der Waals surface area (Å²) in [7, 11) is 0. The third-order valence-corrected chi connectivity index (χ3v) is 8.87. The molecule has 188 valence electrons. The minimum Gasteiger partial charge on any atom is -0.372 e. The summed E-state index contributed by atoms with van der Waals surface area (Å²) in [6.07, 6.45) is 13.6. The second-order valence-electron chi connectivity index (χ2n) is 11.1. The topological polar surface area (TPSA) is 38.7 Å². The molecule has 0 bridgehead atoms. The molecule has 1 saturated carbocycles. The van der Waals surface area contributed by atoms with Crippen molar-refractivity contribution in [3.63, 3.8) is 0 Å². The highest BCUT2D eigenvalue weighted by Gasteiger charge is 2.28. The van der Waals surface area contributed by atoms with E-state index in [1.54, 1.807) is 0 Å². The molecule has 2 aromatic rings. The fourth-order valence-corrected chi connectivity index (χ4v) is 6.78. The molecule has 1 aromatic heterocycles. The van der Waals surface area contributed by atoms with Crippen LogP contribution in [0.4, 0.5) is 11.5 Å². The van der Waals surface area contributed by atoms with Crippen LogP contribution in [0.15, 0.2) is 30.6 Å². The SMILES string of the molecule is c1nc2c(c(N3CCN(C4CCCCC4)CC3)n1)CCN(Cc1ccc(N3CCCC3)cc1)CC2. The number of aromatic nitrogens is 2. The minimum absolute atomic E-state index is 0.825. The number of fused-ring (bicyclic) bond motifs is 1. The zero-order chi connectivity index (χ0) is 23.5. The van der Waals surface area contributed by atoms with Crippen molar-refractivity contribution in [3.8, 4) is 0 Å². The highest BCUT2D eigenvalue weighted by atomic mass is 15.3. The Morgan fingerprint density at radius 2 is 1.43 bits per heavy atom. The quantitative estimate of drug-likeness (QED) is 0.649. The summed E-state index contributed by atoms with van der Waals surface area (Å²) in [5, 5.41) is 0. The number of hydrogen-bond acceptors (Lipinski definition) is 6. The maximum absolute atomic E-state index is 4.82. The van der Waals surface area contributed by atoms with Crippen molar-refractivity contribution in [1.82, 2.24) is 19.8 Å². The van der Waals surface area contributed by atoms with E-state index in [0.717, 1.165) is 51.6 Å². The predicted octanol–water partition coefficient (Wildman–Crippen LogP) is 4.13. The Balaban J connectivity index is 1.07. The fourth-order valence-electron chi connectivity index (χ4n) is 6.78. The predicted molar refractivity (Wildman–Crippen MR) is 143 cm³/mol. The van der Waals surface area contributed by atoms with Crippen LogP contribution in [0.1, 0.15) is 61.8 Å². The van der Waals surface area contributed by atoms with Gasteiger partial charge in [-0.2, -0.15) is 0 Å². The molecule has 0 amide bonds. The van der Waals surface area contributed by atoms with E-state index in [-0.39, 0.29) is 0 Å². The van der Waals surface area contributed by atoms with E-state index in [1.807, 2.05) is 6.33 Å². The van der Waals surface area contributed by atoms with E-state index in [9.17, 15) is 0 Å². The fraction of sp³-hybridized carbons (Fsp3) is 0.655. The molecule has 0 radical (unpaired) electrons. The number of piperazine rings is 1. The van der Waals surface area contributed by atoms with Crippen molar-refractivity contribution in [2.45, 2.75) is 70.4 Å². The van der Waals surface area contributed by atoms with Crippen molar-refractivity contribution in [2.75, 3.05) is 62.2 Å². The van der Waals surface area contributed by atoms with E-state index in [4.69, 9.17) is 9.97 Å². The monoisotopic (exact) mass is 474 g/mol. The third kappa shape index (κ3) is 5.34. The minimum atomic E-state index is 0.825. The Morgan fingerprint density at radius 1 is 0.686 bits per heavy atom. The number of hydrogen-bond donors (Lipinski definition) is 0. The molecular weight excluding hydrogens is 432 g/mol. The maximum Gasteiger partial charge on any atom is 0.135 e. The molecule has 4 heterocycles. The van der Waals surface area contributed by atoms with Gasteiger partial charge in [0.15, 0.2) is 0 Å². The molecule has 1 aromatic carbocycles. The van der Waals surface area contributed by atoms with Gasteiger partial charge in [0, 0.05) is 82.6 Å². The molecule has 35 heavy (non-hydrogen) atoms. The van der Waals surface area contributed by atoms with Crippen LogP contribution < -0.4 is 9.80 Å². The smallest absolute Gasteiger partial charge is 0.135 e. The summed E-state index contributed by atoms with van der Waals surface area (Å²) in [4.78, 5) is 20.0. The van der Waals surface area contributed by atoms with Gasteiger partial charge >= 0.3 is 0 Å². The van der Waals surface area contributed by atoms with Crippen LogP contribution in [0.5, 0.6) is 0 Å². The molecule has 3 aliphatic heterocycles. The lowest BCUT2D eigenvalue weighted by Gasteiger charge is -2.41. The average Bonchev–Trinajstić information content (AvgIpc) is 3.39. The molecule has 0 atom stereocenters. The van der Waals surface area contributed by atoms with E-state index < -0.39 is 0 Å². The van der Waals surface area contributed by atoms with Crippen LogP contribution in [0.3, 0.4) is 0 Å². The van der Waals surface area contributed by atoms with Gasteiger partial charge in [-0.25, -0.2) is 9.97 Å². The van der Waals surface area contributed by atoms with Crippen LogP contribution >= 0.6 is 0 Å². The second-order valence-corrected chi connectivity index (χ2v) is 11.1. The molecule has 6 nitrogen and oxygen atoms in total. The Bertz CT molecular complexity index is 956. The van der Waals surface area contributed by atoms with Crippen LogP contribution in [0.2, 0.25) is 0 Å². The Hall–Kier alpha value is -2.18. The van der Waals surface area contributed by atoms with Crippen LogP contribution in [-0.4, -0.2) is 78.2 Å². The normalized spacial score (nSPS) is 22.9. The van der Waals surface area contributed by atoms with Crippen molar-refractivity contribution >= 4 is 11.5 Å². The van der Waals surface area contributed by atoms with Gasteiger partial charge in [0.2, 0.25) is 0 Å². The van der Waals surface area contributed by atoms with Gasteiger partial charge in [0.05, 0.1) is 5.69 Å². The first kappa shape index (κ1) is 23.2. The lowest BCUT2D eigenvalue weighted by Crippen LogP contribution is -2.51. The van der Waals surface area contributed by atoms with Gasteiger partial charge in [-0.05, 0) is 49.8 Å². The van der Waals surface area contributed by atoms with E-state index in [2.05, 4.69) is 43.9 Å².